The monoisotopic (exact) mass is 245 g/mol. The number of nitrogens with one attached hydrogen (secondary N) is 1. The smallest absolute Gasteiger partial charge is 0.182 e. The van der Waals surface area contributed by atoms with Gasteiger partial charge in [-0.15, -0.1) is 0 Å². The minimum Gasteiger partial charge on any atom is -0.337 e. The molecule has 0 fully saturated rings. The lowest BCUT2D eigenvalue weighted by molar-refractivity contribution is 0.511. The van der Waals surface area contributed by atoms with E-state index >= 15 is 0 Å². The Labute approximate surface area is 103 Å². The molecule has 0 amide bonds. The van der Waals surface area contributed by atoms with Gasteiger partial charge >= 0.3 is 0 Å². The van der Waals surface area contributed by atoms with Crippen LogP contribution >= 0.6 is 0 Å². The molecule has 2 aromatic rings. The van der Waals surface area contributed by atoms with Crippen LogP contribution in [0.3, 0.4) is 0 Å². The maximum Gasteiger partial charge on any atom is 0.182 e. The molecule has 3 nitrogen and oxygen atoms in total. The summed E-state index contributed by atoms with van der Waals surface area (Å²) in [5.41, 5.74) is 0.970. The number of hydrogen-bond donors (Lipinski definition) is 1. The molecule has 0 atom stereocenters. The Morgan fingerprint density at radius 1 is 1.28 bits per heavy atom. The van der Waals surface area contributed by atoms with Crippen LogP contribution in [0.4, 0.5) is 20.3 Å². The van der Waals surface area contributed by atoms with Gasteiger partial charge in [0.25, 0.3) is 0 Å². The van der Waals surface area contributed by atoms with E-state index in [1.54, 1.807) is 13.0 Å². The number of rotatable bonds is 2. The van der Waals surface area contributed by atoms with E-state index in [1.807, 2.05) is 6.07 Å². The average molecular weight is 245 g/mol. The van der Waals surface area contributed by atoms with Crippen LogP contribution in [0.1, 0.15) is 11.1 Å². The number of nitriles is 1. The Balaban J connectivity index is 2.44. The Morgan fingerprint density at radius 2 is 2.06 bits per heavy atom. The first kappa shape index (κ1) is 12.0. The normalized spacial score (nSPS) is 9.89. The van der Waals surface area contributed by atoms with E-state index in [4.69, 9.17) is 5.26 Å². The van der Waals surface area contributed by atoms with Gasteiger partial charge in [0.05, 0.1) is 11.3 Å². The van der Waals surface area contributed by atoms with Crippen molar-refractivity contribution in [1.82, 2.24) is 4.98 Å². The fourth-order valence-corrected chi connectivity index (χ4v) is 1.52. The maximum absolute atomic E-state index is 13.5. The second-order valence-corrected chi connectivity index (χ2v) is 3.69. The number of aryl methyl sites for hydroxylation is 1. The third-order valence-electron chi connectivity index (χ3n) is 2.48. The number of hydrogen-bond acceptors (Lipinski definition) is 3. The summed E-state index contributed by atoms with van der Waals surface area (Å²) in [4.78, 5) is 3.95. The van der Waals surface area contributed by atoms with Gasteiger partial charge in [-0.05, 0) is 30.7 Å². The summed E-state index contributed by atoms with van der Waals surface area (Å²) < 4.78 is 26.5. The highest BCUT2D eigenvalue weighted by Gasteiger charge is 2.11. The number of halogens is 2. The Kier molecular flexibility index (Phi) is 3.20. The summed E-state index contributed by atoms with van der Waals surface area (Å²) in [7, 11) is 0. The zero-order valence-corrected chi connectivity index (χ0v) is 9.54. The molecule has 0 saturated heterocycles. The molecule has 18 heavy (non-hydrogen) atoms. The minimum absolute atomic E-state index is 0.0513. The summed E-state index contributed by atoms with van der Waals surface area (Å²) >= 11 is 0. The second kappa shape index (κ2) is 4.80. The van der Waals surface area contributed by atoms with E-state index in [0.717, 1.165) is 6.07 Å². The van der Waals surface area contributed by atoms with Crippen molar-refractivity contribution in [1.29, 1.82) is 5.26 Å². The van der Waals surface area contributed by atoms with Crippen molar-refractivity contribution in [2.75, 3.05) is 5.32 Å². The van der Waals surface area contributed by atoms with Gasteiger partial charge in [-0.1, -0.05) is 6.07 Å². The fraction of sp³-hybridized carbons (Fsp3) is 0.0769. The summed E-state index contributed by atoms with van der Waals surface area (Å²) in [5, 5.41) is 11.6. The highest BCUT2D eigenvalue weighted by molar-refractivity contribution is 5.64. The highest BCUT2D eigenvalue weighted by atomic mass is 19.2. The molecule has 0 aliphatic carbocycles. The van der Waals surface area contributed by atoms with Gasteiger partial charge in [-0.25, -0.2) is 13.8 Å². The van der Waals surface area contributed by atoms with Crippen molar-refractivity contribution >= 4 is 11.5 Å². The molecule has 1 aromatic heterocycles. The molecule has 1 N–H and O–H groups in total. The number of nitrogens with zero attached hydrogens (tertiary/aromatic N) is 2. The molecule has 5 heteroatoms. The summed E-state index contributed by atoms with van der Waals surface area (Å²) in [6, 6.07) is 7.43. The van der Waals surface area contributed by atoms with E-state index in [-0.39, 0.29) is 11.5 Å². The zero-order chi connectivity index (χ0) is 13.1. The van der Waals surface area contributed by atoms with Crippen LogP contribution in [0.2, 0.25) is 0 Å². The van der Waals surface area contributed by atoms with Crippen LogP contribution < -0.4 is 5.32 Å². The summed E-state index contributed by atoms with van der Waals surface area (Å²) in [6.07, 6.45) is 1.50. The lowest BCUT2D eigenvalue weighted by Gasteiger charge is -2.09. The van der Waals surface area contributed by atoms with Gasteiger partial charge in [0.2, 0.25) is 0 Å². The Hall–Kier alpha value is -2.48. The molecule has 0 unspecified atom stereocenters. The van der Waals surface area contributed by atoms with Crippen LogP contribution in [-0.2, 0) is 0 Å². The predicted octanol–water partition coefficient (Wildman–Crippen LogP) is 3.28. The van der Waals surface area contributed by atoms with Crippen LogP contribution in [-0.4, -0.2) is 4.98 Å². The quantitative estimate of drug-likeness (QED) is 0.883. The largest absolute Gasteiger partial charge is 0.337 e. The first-order valence-electron chi connectivity index (χ1n) is 5.20. The van der Waals surface area contributed by atoms with Crippen molar-refractivity contribution in [2.24, 2.45) is 0 Å². The van der Waals surface area contributed by atoms with Gasteiger partial charge in [0.1, 0.15) is 11.9 Å². The molecule has 0 saturated carbocycles. The minimum atomic E-state index is -0.996. The average Bonchev–Trinajstić information content (AvgIpc) is 2.35. The number of aromatic nitrogens is 1. The van der Waals surface area contributed by atoms with E-state index in [0.29, 0.717) is 11.1 Å². The van der Waals surface area contributed by atoms with Crippen molar-refractivity contribution in [2.45, 2.75) is 6.92 Å². The van der Waals surface area contributed by atoms with Crippen LogP contribution in [0.15, 0.2) is 30.5 Å². The third kappa shape index (κ3) is 2.13. The highest BCUT2D eigenvalue weighted by Crippen LogP contribution is 2.23. The van der Waals surface area contributed by atoms with Gasteiger partial charge in [-0.2, -0.15) is 5.26 Å². The molecule has 1 heterocycles. The molecule has 90 valence electrons. The van der Waals surface area contributed by atoms with Gasteiger partial charge < -0.3 is 5.32 Å². The molecule has 0 aliphatic heterocycles. The molecule has 1 aromatic carbocycles. The maximum atomic E-state index is 13.5. The van der Waals surface area contributed by atoms with Crippen LogP contribution in [0, 0.1) is 29.9 Å². The zero-order valence-electron chi connectivity index (χ0n) is 9.54. The van der Waals surface area contributed by atoms with E-state index in [2.05, 4.69) is 10.3 Å². The summed E-state index contributed by atoms with van der Waals surface area (Å²) in [5.74, 6) is -1.74. The van der Waals surface area contributed by atoms with E-state index in [1.165, 1.54) is 18.3 Å². The second-order valence-electron chi connectivity index (χ2n) is 3.69. The first-order valence-corrected chi connectivity index (χ1v) is 5.20. The van der Waals surface area contributed by atoms with E-state index < -0.39 is 11.6 Å². The number of anilines is 2. The third-order valence-corrected chi connectivity index (χ3v) is 2.48. The number of benzene rings is 1. The van der Waals surface area contributed by atoms with Crippen LogP contribution in [0.25, 0.3) is 0 Å². The van der Waals surface area contributed by atoms with Crippen molar-refractivity contribution in [3.63, 3.8) is 0 Å². The van der Waals surface area contributed by atoms with Crippen molar-refractivity contribution in [3.05, 3.63) is 53.2 Å². The van der Waals surface area contributed by atoms with Crippen LogP contribution in [0.5, 0.6) is 0 Å². The lowest BCUT2D eigenvalue weighted by atomic mass is 10.1. The predicted molar refractivity (Wildman–Crippen MR) is 63.3 cm³/mol. The molecule has 0 spiro atoms. The molecule has 0 aliphatic rings. The molecular formula is C13H9F2N3. The van der Waals surface area contributed by atoms with E-state index in [9.17, 15) is 8.78 Å². The topological polar surface area (TPSA) is 48.7 Å². The summed E-state index contributed by atoms with van der Waals surface area (Å²) in [6.45, 7) is 1.74. The van der Waals surface area contributed by atoms with Crippen molar-refractivity contribution < 1.29 is 8.78 Å². The number of pyridine rings is 1. The lowest BCUT2D eigenvalue weighted by Crippen LogP contribution is -2.01. The fourth-order valence-electron chi connectivity index (χ4n) is 1.52. The molecule has 0 bridgehead atoms. The Bertz CT molecular complexity index is 633. The first-order chi connectivity index (χ1) is 8.63. The van der Waals surface area contributed by atoms with Gasteiger partial charge in [0, 0.05) is 6.20 Å². The molecule has 2 rings (SSSR count). The Morgan fingerprint density at radius 3 is 2.78 bits per heavy atom. The van der Waals surface area contributed by atoms with Gasteiger partial charge in [-0.3, -0.25) is 0 Å². The molecular weight excluding hydrogens is 236 g/mol. The molecule has 0 radical (unpaired) electrons. The SMILES string of the molecule is Cc1ccnc(Nc2cccc(F)c2F)c1C#N. The van der Waals surface area contributed by atoms with Gasteiger partial charge in [0.15, 0.2) is 11.6 Å². The van der Waals surface area contributed by atoms with Crippen molar-refractivity contribution in [3.8, 4) is 6.07 Å². The standard InChI is InChI=1S/C13H9F2N3/c1-8-5-6-17-13(9(8)7-16)18-11-4-2-3-10(14)12(11)15/h2-6H,1H3,(H,17,18).